The third-order valence-corrected chi connectivity index (χ3v) is 6.06. The minimum atomic E-state index is -3.91. The van der Waals surface area contributed by atoms with Gasteiger partial charge in [-0.15, -0.1) is 0 Å². The van der Waals surface area contributed by atoms with Gasteiger partial charge in [-0.05, 0) is 61.2 Å². The van der Waals surface area contributed by atoms with Crippen LogP contribution in [0.1, 0.15) is 25.8 Å². The van der Waals surface area contributed by atoms with Crippen LogP contribution in [0.25, 0.3) is 0 Å². The SMILES string of the molecule is Cc1cccc(N(CC(=O)NCCC(C)C)S(=O)(=O)c2ccc(Cl)cc2)c1. The molecule has 27 heavy (non-hydrogen) atoms. The predicted molar refractivity (Wildman–Crippen MR) is 110 cm³/mol. The predicted octanol–water partition coefficient (Wildman–Crippen LogP) is 4.01. The molecule has 2 aromatic carbocycles. The molecular formula is C20H25ClN2O3S. The van der Waals surface area contributed by atoms with Crippen LogP contribution in [0.5, 0.6) is 0 Å². The van der Waals surface area contributed by atoms with Crippen molar-refractivity contribution in [2.75, 3.05) is 17.4 Å². The summed E-state index contributed by atoms with van der Waals surface area (Å²) in [5, 5.41) is 3.24. The molecule has 0 spiro atoms. The summed E-state index contributed by atoms with van der Waals surface area (Å²) in [5.41, 5.74) is 1.35. The lowest BCUT2D eigenvalue weighted by Gasteiger charge is -2.24. The maximum Gasteiger partial charge on any atom is 0.264 e. The van der Waals surface area contributed by atoms with Gasteiger partial charge in [-0.1, -0.05) is 37.6 Å². The van der Waals surface area contributed by atoms with Gasteiger partial charge in [-0.3, -0.25) is 9.10 Å². The zero-order valence-electron chi connectivity index (χ0n) is 15.8. The molecule has 0 aliphatic carbocycles. The van der Waals surface area contributed by atoms with Gasteiger partial charge in [0.2, 0.25) is 5.91 Å². The van der Waals surface area contributed by atoms with Crippen LogP contribution in [0.3, 0.4) is 0 Å². The number of nitrogens with zero attached hydrogens (tertiary/aromatic N) is 1. The zero-order valence-corrected chi connectivity index (χ0v) is 17.3. The van der Waals surface area contributed by atoms with Gasteiger partial charge in [-0.25, -0.2) is 8.42 Å². The third-order valence-electron chi connectivity index (χ3n) is 4.02. The molecular weight excluding hydrogens is 384 g/mol. The quantitative estimate of drug-likeness (QED) is 0.717. The van der Waals surface area contributed by atoms with Gasteiger partial charge in [0, 0.05) is 11.6 Å². The molecule has 0 saturated carbocycles. The third kappa shape index (κ3) is 5.97. The second kappa shape index (κ2) is 9.24. The standard InChI is InChI=1S/C20H25ClN2O3S/c1-15(2)11-12-22-20(24)14-23(18-6-4-5-16(3)13-18)27(25,26)19-9-7-17(21)8-10-19/h4-10,13,15H,11-12,14H2,1-3H3,(H,22,24). The Bertz CT molecular complexity index is 880. The second-order valence-electron chi connectivity index (χ2n) is 6.84. The van der Waals surface area contributed by atoms with Gasteiger partial charge in [0.15, 0.2) is 0 Å². The van der Waals surface area contributed by atoms with Crippen LogP contribution in [0, 0.1) is 12.8 Å². The number of sulfonamides is 1. The van der Waals surface area contributed by atoms with E-state index >= 15 is 0 Å². The molecule has 0 radical (unpaired) electrons. The Balaban J connectivity index is 2.32. The summed E-state index contributed by atoms with van der Waals surface area (Å²) in [6.07, 6.45) is 0.833. The van der Waals surface area contributed by atoms with Gasteiger partial charge >= 0.3 is 0 Å². The Hall–Kier alpha value is -2.05. The van der Waals surface area contributed by atoms with E-state index in [0.717, 1.165) is 16.3 Å². The van der Waals surface area contributed by atoms with Crippen LogP contribution in [0.15, 0.2) is 53.4 Å². The molecule has 7 heteroatoms. The highest BCUT2D eigenvalue weighted by atomic mass is 35.5. The van der Waals surface area contributed by atoms with Crippen molar-refractivity contribution >= 4 is 33.2 Å². The Kier molecular flexibility index (Phi) is 7.27. The highest BCUT2D eigenvalue weighted by Crippen LogP contribution is 2.25. The van der Waals surface area contributed by atoms with Crippen LogP contribution in [0.4, 0.5) is 5.69 Å². The number of carbonyl (C=O) groups excluding carboxylic acids is 1. The van der Waals surface area contributed by atoms with Crippen molar-refractivity contribution in [1.82, 2.24) is 5.32 Å². The summed E-state index contributed by atoms with van der Waals surface area (Å²) in [5.74, 6) is 0.116. The lowest BCUT2D eigenvalue weighted by Crippen LogP contribution is -2.41. The number of rotatable bonds is 8. The van der Waals surface area contributed by atoms with E-state index in [1.807, 2.05) is 13.0 Å². The van der Waals surface area contributed by atoms with E-state index in [0.29, 0.717) is 23.2 Å². The first-order valence-corrected chi connectivity index (χ1v) is 10.6. The van der Waals surface area contributed by atoms with E-state index in [1.165, 1.54) is 24.3 Å². The molecule has 1 N–H and O–H groups in total. The number of aryl methyl sites for hydroxylation is 1. The van der Waals surface area contributed by atoms with Gasteiger partial charge in [0.1, 0.15) is 6.54 Å². The summed E-state index contributed by atoms with van der Waals surface area (Å²) >= 11 is 5.87. The molecule has 1 amide bonds. The Morgan fingerprint density at radius 1 is 1.15 bits per heavy atom. The summed E-state index contributed by atoms with van der Waals surface area (Å²) in [4.78, 5) is 12.5. The number of hydrogen-bond acceptors (Lipinski definition) is 3. The van der Waals surface area contributed by atoms with Crippen LogP contribution in [-0.2, 0) is 14.8 Å². The van der Waals surface area contributed by atoms with E-state index in [1.54, 1.807) is 18.2 Å². The first kappa shape index (κ1) is 21.3. The number of halogens is 1. The Labute approximate surface area is 166 Å². The minimum absolute atomic E-state index is 0.0865. The fourth-order valence-electron chi connectivity index (χ4n) is 2.52. The van der Waals surface area contributed by atoms with Crippen molar-refractivity contribution < 1.29 is 13.2 Å². The molecule has 0 saturated heterocycles. The Morgan fingerprint density at radius 3 is 2.41 bits per heavy atom. The lowest BCUT2D eigenvalue weighted by molar-refractivity contribution is -0.119. The zero-order chi connectivity index (χ0) is 20.0. The number of anilines is 1. The molecule has 0 atom stereocenters. The maximum absolute atomic E-state index is 13.2. The van der Waals surface area contributed by atoms with Crippen LogP contribution < -0.4 is 9.62 Å². The molecule has 0 bridgehead atoms. The second-order valence-corrected chi connectivity index (χ2v) is 9.14. The average Bonchev–Trinajstić information content (AvgIpc) is 2.59. The van der Waals surface area contributed by atoms with E-state index in [9.17, 15) is 13.2 Å². The van der Waals surface area contributed by atoms with Crippen LogP contribution in [-0.4, -0.2) is 27.4 Å². The molecule has 2 rings (SSSR count). The lowest BCUT2D eigenvalue weighted by atomic mass is 10.1. The number of amides is 1. The van der Waals surface area contributed by atoms with Crippen molar-refractivity contribution in [3.05, 3.63) is 59.1 Å². The van der Waals surface area contributed by atoms with Crippen molar-refractivity contribution in [3.63, 3.8) is 0 Å². The summed E-state index contributed by atoms with van der Waals surface area (Å²) in [6.45, 7) is 6.23. The molecule has 2 aromatic rings. The molecule has 0 unspecified atom stereocenters. The van der Waals surface area contributed by atoms with Gasteiger partial charge < -0.3 is 5.32 Å². The van der Waals surface area contributed by atoms with Gasteiger partial charge in [0.05, 0.1) is 10.6 Å². The number of hydrogen-bond donors (Lipinski definition) is 1. The monoisotopic (exact) mass is 408 g/mol. The number of nitrogens with one attached hydrogen (secondary N) is 1. The van der Waals surface area contributed by atoms with Crippen LogP contribution in [0.2, 0.25) is 5.02 Å². The van der Waals surface area contributed by atoms with E-state index in [4.69, 9.17) is 11.6 Å². The highest BCUT2D eigenvalue weighted by molar-refractivity contribution is 7.92. The highest BCUT2D eigenvalue weighted by Gasteiger charge is 2.27. The van der Waals surface area contributed by atoms with Crippen molar-refractivity contribution in [2.24, 2.45) is 5.92 Å². The number of carbonyl (C=O) groups is 1. The molecule has 146 valence electrons. The summed E-state index contributed by atoms with van der Waals surface area (Å²) < 4.78 is 27.5. The summed E-state index contributed by atoms with van der Waals surface area (Å²) in [6, 6.07) is 13.0. The smallest absolute Gasteiger partial charge is 0.264 e. The van der Waals surface area contributed by atoms with Crippen molar-refractivity contribution in [1.29, 1.82) is 0 Å². The minimum Gasteiger partial charge on any atom is -0.355 e. The first-order valence-electron chi connectivity index (χ1n) is 8.82. The molecule has 0 heterocycles. The normalized spacial score (nSPS) is 11.4. The van der Waals surface area contributed by atoms with E-state index in [-0.39, 0.29) is 17.3 Å². The molecule has 5 nitrogen and oxygen atoms in total. The molecule has 0 fully saturated rings. The first-order chi connectivity index (χ1) is 12.7. The molecule has 0 aliphatic heterocycles. The van der Waals surface area contributed by atoms with Crippen molar-refractivity contribution in [2.45, 2.75) is 32.1 Å². The fraction of sp³-hybridized carbons (Fsp3) is 0.350. The average molecular weight is 409 g/mol. The number of benzene rings is 2. The van der Waals surface area contributed by atoms with Crippen molar-refractivity contribution in [3.8, 4) is 0 Å². The Morgan fingerprint density at radius 2 is 1.81 bits per heavy atom. The van der Waals surface area contributed by atoms with Crippen LogP contribution >= 0.6 is 11.6 Å². The maximum atomic E-state index is 13.2. The van der Waals surface area contributed by atoms with E-state index in [2.05, 4.69) is 19.2 Å². The fourth-order valence-corrected chi connectivity index (χ4v) is 4.06. The van der Waals surface area contributed by atoms with Gasteiger partial charge in [0.25, 0.3) is 10.0 Å². The van der Waals surface area contributed by atoms with E-state index < -0.39 is 10.0 Å². The van der Waals surface area contributed by atoms with Gasteiger partial charge in [-0.2, -0.15) is 0 Å². The molecule has 0 aliphatic rings. The summed E-state index contributed by atoms with van der Waals surface area (Å²) in [7, 11) is -3.91. The molecule has 0 aromatic heterocycles. The largest absolute Gasteiger partial charge is 0.355 e. The topological polar surface area (TPSA) is 66.5 Å².